The van der Waals surface area contributed by atoms with E-state index in [1.807, 2.05) is 5.32 Å². The lowest BCUT2D eigenvalue weighted by Gasteiger charge is -2.26. The number of carbonyl (C=O) groups excluding carboxylic acids is 3. The van der Waals surface area contributed by atoms with Gasteiger partial charge in [0.1, 0.15) is 11.9 Å². The Hall–Kier alpha value is -3.55. The SMILES string of the molecule is CCN(CCNN(C)C(=O)C(=O)O)c1ccc(N2C[C@H](CNC(=O)C(F)F)OC2=O)cc1F. The van der Waals surface area contributed by atoms with Gasteiger partial charge in [0.2, 0.25) is 0 Å². The Kier molecular flexibility index (Phi) is 8.85. The maximum absolute atomic E-state index is 14.8. The van der Waals surface area contributed by atoms with Gasteiger partial charge in [0.15, 0.2) is 0 Å². The van der Waals surface area contributed by atoms with Crippen LogP contribution >= 0.6 is 0 Å². The van der Waals surface area contributed by atoms with Crippen molar-refractivity contribution < 1.29 is 42.2 Å². The number of ether oxygens (including phenoxy) is 1. The molecule has 0 bridgehead atoms. The van der Waals surface area contributed by atoms with Crippen molar-refractivity contribution in [3.8, 4) is 0 Å². The second-order valence-electron chi connectivity index (χ2n) is 6.96. The first kappa shape index (κ1) is 25.7. The summed E-state index contributed by atoms with van der Waals surface area (Å²) in [6, 6.07) is 4.04. The number of alkyl halides is 2. The molecule has 2 rings (SSSR count). The first-order chi connectivity index (χ1) is 15.5. The summed E-state index contributed by atoms with van der Waals surface area (Å²) in [6.45, 7) is 2.19. The third-order valence-electron chi connectivity index (χ3n) is 4.76. The number of hydrogen-bond acceptors (Lipinski definition) is 7. The molecule has 1 saturated heterocycles. The van der Waals surface area contributed by atoms with Crippen LogP contribution in [0.15, 0.2) is 18.2 Å². The zero-order valence-corrected chi connectivity index (χ0v) is 17.9. The summed E-state index contributed by atoms with van der Waals surface area (Å²) in [5.74, 6) is -4.88. The highest BCUT2D eigenvalue weighted by Crippen LogP contribution is 2.27. The van der Waals surface area contributed by atoms with Crippen molar-refractivity contribution in [3.63, 3.8) is 0 Å². The number of benzene rings is 1. The molecule has 1 aliphatic heterocycles. The molecule has 182 valence electrons. The van der Waals surface area contributed by atoms with Crippen molar-refractivity contribution in [1.82, 2.24) is 15.8 Å². The number of carboxylic acid groups (broad SMARTS) is 1. The minimum atomic E-state index is -3.19. The fraction of sp³-hybridized carbons (Fsp3) is 0.474. The number of carboxylic acids is 1. The van der Waals surface area contributed by atoms with E-state index in [4.69, 9.17) is 9.84 Å². The number of hydrazine groups is 1. The molecule has 1 aliphatic rings. The number of anilines is 2. The molecule has 3 amide bonds. The fourth-order valence-electron chi connectivity index (χ4n) is 3.07. The second-order valence-corrected chi connectivity index (χ2v) is 6.96. The number of cyclic esters (lactones) is 1. The van der Waals surface area contributed by atoms with Gasteiger partial charge in [-0.3, -0.25) is 19.5 Å². The zero-order valence-electron chi connectivity index (χ0n) is 17.9. The minimum absolute atomic E-state index is 0.0630. The van der Waals surface area contributed by atoms with E-state index in [1.165, 1.54) is 19.2 Å². The van der Waals surface area contributed by atoms with Gasteiger partial charge in [-0.05, 0) is 25.1 Å². The normalized spacial score (nSPS) is 15.4. The van der Waals surface area contributed by atoms with Crippen molar-refractivity contribution in [2.45, 2.75) is 19.5 Å². The summed E-state index contributed by atoms with van der Waals surface area (Å²) in [4.78, 5) is 47.8. The largest absolute Gasteiger partial charge is 0.474 e. The van der Waals surface area contributed by atoms with E-state index in [1.54, 1.807) is 11.8 Å². The van der Waals surface area contributed by atoms with E-state index in [-0.39, 0.29) is 37.6 Å². The molecule has 33 heavy (non-hydrogen) atoms. The van der Waals surface area contributed by atoms with E-state index < -0.39 is 42.2 Å². The van der Waals surface area contributed by atoms with Gasteiger partial charge in [-0.2, -0.15) is 8.78 Å². The first-order valence-electron chi connectivity index (χ1n) is 9.88. The number of aliphatic carboxylic acids is 1. The van der Waals surface area contributed by atoms with Crippen molar-refractivity contribution in [3.05, 3.63) is 24.0 Å². The fourth-order valence-corrected chi connectivity index (χ4v) is 3.07. The van der Waals surface area contributed by atoms with Gasteiger partial charge in [0, 0.05) is 26.7 Å². The molecule has 14 heteroatoms. The Morgan fingerprint density at radius 3 is 2.61 bits per heavy atom. The van der Waals surface area contributed by atoms with Crippen molar-refractivity contribution in [1.29, 1.82) is 0 Å². The highest BCUT2D eigenvalue weighted by Gasteiger charge is 2.33. The van der Waals surface area contributed by atoms with Gasteiger partial charge in [0.05, 0.1) is 24.5 Å². The van der Waals surface area contributed by atoms with Crippen LogP contribution in [0.1, 0.15) is 6.92 Å². The van der Waals surface area contributed by atoms with Crippen LogP contribution in [0, 0.1) is 5.82 Å². The molecular formula is C19H24F3N5O6. The minimum Gasteiger partial charge on any atom is -0.474 e. The van der Waals surface area contributed by atoms with E-state index >= 15 is 0 Å². The van der Waals surface area contributed by atoms with Crippen LogP contribution in [0.4, 0.5) is 29.3 Å². The summed E-state index contributed by atoms with van der Waals surface area (Å²) in [5, 5.41) is 11.4. The lowest BCUT2D eigenvalue weighted by atomic mass is 10.2. The van der Waals surface area contributed by atoms with Crippen LogP contribution in [-0.2, 0) is 19.1 Å². The van der Waals surface area contributed by atoms with Crippen molar-refractivity contribution in [2.75, 3.05) is 49.6 Å². The number of rotatable bonds is 10. The maximum Gasteiger partial charge on any atom is 0.414 e. The molecule has 0 aliphatic carbocycles. The molecular weight excluding hydrogens is 451 g/mol. The van der Waals surface area contributed by atoms with Gasteiger partial charge in [-0.25, -0.2) is 19.4 Å². The van der Waals surface area contributed by atoms with Crippen molar-refractivity contribution in [2.24, 2.45) is 0 Å². The predicted octanol–water partition coefficient (Wildman–Crippen LogP) is 0.406. The number of amides is 3. The Morgan fingerprint density at radius 2 is 2.03 bits per heavy atom. The van der Waals surface area contributed by atoms with Crippen LogP contribution in [0.2, 0.25) is 0 Å². The van der Waals surface area contributed by atoms with Crippen LogP contribution in [-0.4, -0.2) is 86.3 Å². The average Bonchev–Trinajstić information content (AvgIpc) is 3.14. The maximum atomic E-state index is 14.8. The molecule has 1 aromatic carbocycles. The molecule has 1 aromatic rings. The molecule has 0 radical (unpaired) electrons. The molecule has 0 saturated carbocycles. The van der Waals surface area contributed by atoms with Crippen LogP contribution in [0.3, 0.4) is 0 Å². The van der Waals surface area contributed by atoms with Gasteiger partial charge in [0.25, 0.3) is 5.91 Å². The van der Waals surface area contributed by atoms with Gasteiger partial charge < -0.3 is 20.1 Å². The summed E-state index contributed by atoms with van der Waals surface area (Å²) >= 11 is 0. The Balaban J connectivity index is 1.98. The van der Waals surface area contributed by atoms with Crippen molar-refractivity contribution >= 4 is 35.3 Å². The van der Waals surface area contributed by atoms with Crippen LogP contribution in [0.5, 0.6) is 0 Å². The summed E-state index contributed by atoms with van der Waals surface area (Å²) in [7, 11) is 1.25. The topological polar surface area (TPSA) is 132 Å². The van der Waals surface area contributed by atoms with E-state index in [9.17, 15) is 32.3 Å². The summed E-state index contributed by atoms with van der Waals surface area (Å²) < 4.78 is 44.3. The number of nitrogens with zero attached hydrogens (tertiary/aromatic N) is 3. The van der Waals surface area contributed by atoms with Gasteiger partial charge >= 0.3 is 24.4 Å². The highest BCUT2D eigenvalue weighted by atomic mass is 19.3. The number of nitrogens with one attached hydrogen (secondary N) is 2. The molecule has 0 spiro atoms. The molecule has 1 atom stereocenters. The summed E-state index contributed by atoms with van der Waals surface area (Å²) in [5.41, 5.74) is 3.00. The molecule has 11 nitrogen and oxygen atoms in total. The quantitative estimate of drug-likeness (QED) is 0.328. The van der Waals surface area contributed by atoms with Crippen LogP contribution < -0.4 is 20.5 Å². The van der Waals surface area contributed by atoms with E-state index in [2.05, 4.69) is 5.43 Å². The molecule has 0 aromatic heterocycles. The zero-order chi connectivity index (χ0) is 24.7. The molecule has 1 heterocycles. The summed E-state index contributed by atoms with van der Waals surface area (Å²) in [6.07, 6.45) is -4.86. The second kappa shape index (κ2) is 11.4. The average molecular weight is 475 g/mol. The molecule has 1 fully saturated rings. The number of halogens is 3. The smallest absolute Gasteiger partial charge is 0.414 e. The van der Waals surface area contributed by atoms with E-state index in [0.717, 1.165) is 16.0 Å². The highest BCUT2D eigenvalue weighted by molar-refractivity contribution is 6.31. The number of likely N-dealkylation sites (N-methyl/N-ethyl adjacent to an activating group) is 2. The Bertz CT molecular complexity index is 903. The monoisotopic (exact) mass is 475 g/mol. The third-order valence-corrected chi connectivity index (χ3v) is 4.76. The Labute approximate surface area is 187 Å². The third kappa shape index (κ3) is 6.71. The standard InChI is InChI=1S/C19H24F3N5O6/c1-3-26(7-6-24-25(2)17(29)18(30)31)14-5-4-11(8-13(14)20)27-10-12(33-19(27)32)9-23-16(28)15(21)22/h4-5,8,12,15,24H,3,6-7,9-10H2,1-2H3,(H,23,28)(H,30,31)/t12-/m0/s1. The number of hydrogen-bond donors (Lipinski definition) is 3. The lowest BCUT2D eigenvalue weighted by molar-refractivity contribution is -0.156. The van der Waals surface area contributed by atoms with Gasteiger partial charge in [-0.1, -0.05) is 0 Å². The van der Waals surface area contributed by atoms with E-state index in [0.29, 0.717) is 6.54 Å². The predicted molar refractivity (Wildman–Crippen MR) is 109 cm³/mol. The molecule has 0 unspecified atom stereocenters. The van der Waals surface area contributed by atoms with Gasteiger partial charge in [-0.15, -0.1) is 0 Å². The number of carbonyl (C=O) groups is 4. The van der Waals surface area contributed by atoms with Crippen LogP contribution in [0.25, 0.3) is 0 Å². The lowest BCUT2D eigenvalue weighted by Crippen LogP contribution is -2.46. The Morgan fingerprint density at radius 1 is 1.33 bits per heavy atom. The first-order valence-corrected chi connectivity index (χ1v) is 9.88. The molecule has 3 N–H and O–H groups in total.